The standard InChI is InChI=1S/C23H25NO5/c1-24(21(22(25)26)14-28-12-15-10-11-15)23(27)29-13-20-18-8-4-2-6-16(18)17-7-3-5-9-19(17)20/h2-9,15,20-21H,10-14H2,1H3,(H,25,26)/t21-/m0/s1. The summed E-state index contributed by atoms with van der Waals surface area (Å²) in [4.78, 5) is 25.3. The summed E-state index contributed by atoms with van der Waals surface area (Å²) in [5.41, 5.74) is 4.53. The van der Waals surface area contributed by atoms with Crippen LogP contribution in [0.2, 0.25) is 0 Å². The molecule has 2 aromatic rings. The first-order valence-electron chi connectivity index (χ1n) is 9.94. The quantitative estimate of drug-likeness (QED) is 0.737. The van der Waals surface area contributed by atoms with E-state index in [9.17, 15) is 14.7 Å². The third-order valence-corrected chi connectivity index (χ3v) is 5.70. The first kappa shape index (κ1) is 19.5. The number of carboxylic acid groups (broad SMARTS) is 1. The molecule has 152 valence electrons. The van der Waals surface area contributed by atoms with Crippen LogP contribution in [0, 0.1) is 5.92 Å². The molecule has 0 unspecified atom stereocenters. The number of ether oxygens (including phenoxy) is 2. The van der Waals surface area contributed by atoms with Gasteiger partial charge in [-0.2, -0.15) is 0 Å². The predicted molar refractivity (Wildman–Crippen MR) is 108 cm³/mol. The van der Waals surface area contributed by atoms with Gasteiger partial charge in [0, 0.05) is 19.6 Å². The number of hydrogen-bond acceptors (Lipinski definition) is 4. The Morgan fingerprint density at radius 1 is 1.03 bits per heavy atom. The summed E-state index contributed by atoms with van der Waals surface area (Å²) in [5, 5.41) is 9.48. The monoisotopic (exact) mass is 395 g/mol. The summed E-state index contributed by atoms with van der Waals surface area (Å²) < 4.78 is 11.0. The Balaban J connectivity index is 1.41. The van der Waals surface area contributed by atoms with Crippen LogP contribution in [0.15, 0.2) is 48.5 Å². The van der Waals surface area contributed by atoms with Gasteiger partial charge < -0.3 is 14.6 Å². The summed E-state index contributed by atoms with van der Waals surface area (Å²) >= 11 is 0. The van der Waals surface area contributed by atoms with Crippen LogP contribution in [0.5, 0.6) is 0 Å². The lowest BCUT2D eigenvalue weighted by molar-refractivity contribution is -0.144. The molecule has 1 fully saturated rings. The molecular formula is C23H25NO5. The van der Waals surface area contributed by atoms with Gasteiger partial charge in [0.05, 0.1) is 6.61 Å². The molecule has 4 rings (SSSR count). The molecule has 2 aromatic carbocycles. The molecule has 0 radical (unpaired) electrons. The van der Waals surface area contributed by atoms with Crippen LogP contribution < -0.4 is 0 Å². The SMILES string of the molecule is CN(C(=O)OCC1c2ccccc2-c2ccccc21)[C@@H](COCC1CC1)C(=O)O. The van der Waals surface area contributed by atoms with E-state index in [0.717, 1.165) is 40.0 Å². The Morgan fingerprint density at radius 2 is 1.62 bits per heavy atom. The Bertz CT molecular complexity index is 862. The maximum absolute atomic E-state index is 12.6. The molecule has 1 N–H and O–H groups in total. The number of hydrogen-bond donors (Lipinski definition) is 1. The van der Waals surface area contributed by atoms with Crippen molar-refractivity contribution in [3.8, 4) is 11.1 Å². The summed E-state index contributed by atoms with van der Waals surface area (Å²) in [5.74, 6) is -0.629. The van der Waals surface area contributed by atoms with E-state index in [4.69, 9.17) is 9.47 Å². The Kier molecular flexibility index (Phi) is 5.53. The predicted octanol–water partition coefficient (Wildman–Crippen LogP) is 3.75. The molecule has 2 aliphatic rings. The number of carbonyl (C=O) groups is 2. The Hall–Kier alpha value is -2.86. The second kappa shape index (κ2) is 8.25. The van der Waals surface area contributed by atoms with Crippen LogP contribution in [0.1, 0.15) is 29.9 Å². The molecule has 1 atom stereocenters. The molecule has 29 heavy (non-hydrogen) atoms. The van der Waals surface area contributed by atoms with Gasteiger partial charge in [0.15, 0.2) is 6.04 Å². The van der Waals surface area contributed by atoms with Gasteiger partial charge in [-0.05, 0) is 41.0 Å². The molecule has 6 heteroatoms. The summed E-state index contributed by atoms with van der Waals surface area (Å²) in [6.45, 7) is 0.668. The maximum Gasteiger partial charge on any atom is 0.410 e. The minimum absolute atomic E-state index is 0.0352. The van der Waals surface area contributed by atoms with Crippen molar-refractivity contribution in [3.05, 3.63) is 59.7 Å². The van der Waals surface area contributed by atoms with Gasteiger partial charge in [-0.25, -0.2) is 9.59 Å². The minimum atomic E-state index is -1.10. The van der Waals surface area contributed by atoms with Crippen molar-refractivity contribution in [2.45, 2.75) is 24.8 Å². The van der Waals surface area contributed by atoms with Crippen molar-refractivity contribution in [2.24, 2.45) is 5.92 Å². The normalized spacial score (nSPS) is 16.0. The summed E-state index contributed by atoms with van der Waals surface area (Å²) in [6, 6.07) is 15.1. The number of benzene rings is 2. The molecule has 0 spiro atoms. The van der Waals surface area contributed by atoms with Crippen LogP contribution in [0.3, 0.4) is 0 Å². The zero-order chi connectivity index (χ0) is 20.4. The van der Waals surface area contributed by atoms with E-state index in [1.54, 1.807) is 0 Å². The van der Waals surface area contributed by atoms with E-state index in [-0.39, 0.29) is 19.1 Å². The fourth-order valence-corrected chi connectivity index (χ4v) is 3.80. The Morgan fingerprint density at radius 3 is 2.17 bits per heavy atom. The number of carbonyl (C=O) groups excluding carboxylic acids is 1. The first-order valence-corrected chi connectivity index (χ1v) is 9.94. The number of amides is 1. The lowest BCUT2D eigenvalue weighted by atomic mass is 9.98. The van der Waals surface area contributed by atoms with E-state index in [1.165, 1.54) is 7.05 Å². The molecule has 1 amide bonds. The fraction of sp³-hybridized carbons (Fsp3) is 0.391. The van der Waals surface area contributed by atoms with Gasteiger partial charge in [-0.15, -0.1) is 0 Å². The summed E-state index contributed by atoms with van der Waals surface area (Å²) in [6.07, 6.45) is 1.59. The highest BCUT2D eigenvalue weighted by atomic mass is 16.6. The highest BCUT2D eigenvalue weighted by Crippen LogP contribution is 2.44. The van der Waals surface area contributed by atoms with E-state index >= 15 is 0 Å². The molecule has 0 saturated heterocycles. The second-order valence-electron chi connectivity index (χ2n) is 7.75. The zero-order valence-electron chi connectivity index (χ0n) is 16.4. The second-order valence-corrected chi connectivity index (χ2v) is 7.75. The lowest BCUT2D eigenvalue weighted by Crippen LogP contribution is -2.46. The smallest absolute Gasteiger partial charge is 0.410 e. The number of nitrogens with zero attached hydrogens (tertiary/aromatic N) is 1. The van der Waals surface area contributed by atoms with Crippen molar-refractivity contribution < 1.29 is 24.2 Å². The molecule has 0 heterocycles. The molecule has 0 bridgehead atoms. The van der Waals surface area contributed by atoms with Crippen LogP contribution in [0.4, 0.5) is 4.79 Å². The van der Waals surface area contributed by atoms with Crippen molar-refractivity contribution in [1.82, 2.24) is 4.90 Å². The topological polar surface area (TPSA) is 76.1 Å². The molecule has 0 aromatic heterocycles. The zero-order valence-corrected chi connectivity index (χ0v) is 16.4. The van der Waals surface area contributed by atoms with Crippen LogP contribution in [-0.4, -0.2) is 55.0 Å². The van der Waals surface area contributed by atoms with Crippen LogP contribution in [-0.2, 0) is 14.3 Å². The minimum Gasteiger partial charge on any atom is -0.480 e. The number of likely N-dealkylation sites (N-methyl/N-ethyl adjacent to an activating group) is 1. The molecule has 2 aliphatic carbocycles. The van der Waals surface area contributed by atoms with Crippen molar-refractivity contribution in [3.63, 3.8) is 0 Å². The average Bonchev–Trinajstić information content (AvgIpc) is 3.50. The highest BCUT2D eigenvalue weighted by molar-refractivity contribution is 5.81. The maximum atomic E-state index is 12.6. The van der Waals surface area contributed by atoms with Crippen molar-refractivity contribution >= 4 is 12.1 Å². The van der Waals surface area contributed by atoms with E-state index in [1.807, 2.05) is 36.4 Å². The van der Waals surface area contributed by atoms with Gasteiger partial charge in [0.1, 0.15) is 6.61 Å². The molecule has 6 nitrogen and oxygen atoms in total. The summed E-state index contributed by atoms with van der Waals surface area (Å²) in [7, 11) is 1.44. The fourth-order valence-electron chi connectivity index (χ4n) is 3.80. The van der Waals surface area contributed by atoms with Crippen LogP contribution >= 0.6 is 0 Å². The first-order chi connectivity index (χ1) is 14.1. The number of fused-ring (bicyclic) bond motifs is 3. The highest BCUT2D eigenvalue weighted by Gasteiger charge is 2.32. The lowest BCUT2D eigenvalue weighted by Gasteiger charge is -2.25. The number of carboxylic acids is 1. The van der Waals surface area contributed by atoms with Crippen molar-refractivity contribution in [2.75, 3.05) is 26.9 Å². The Labute approximate surface area is 170 Å². The number of aliphatic carboxylic acids is 1. The van der Waals surface area contributed by atoms with Gasteiger partial charge in [-0.3, -0.25) is 4.90 Å². The average molecular weight is 395 g/mol. The van der Waals surface area contributed by atoms with Gasteiger partial charge in [0.25, 0.3) is 0 Å². The molecule has 1 saturated carbocycles. The van der Waals surface area contributed by atoms with Crippen molar-refractivity contribution in [1.29, 1.82) is 0 Å². The molecular weight excluding hydrogens is 370 g/mol. The van der Waals surface area contributed by atoms with Gasteiger partial charge >= 0.3 is 12.1 Å². The van der Waals surface area contributed by atoms with Gasteiger partial charge in [-0.1, -0.05) is 48.5 Å². The van der Waals surface area contributed by atoms with Gasteiger partial charge in [0.2, 0.25) is 0 Å². The third-order valence-electron chi connectivity index (χ3n) is 5.70. The molecule has 0 aliphatic heterocycles. The van der Waals surface area contributed by atoms with E-state index < -0.39 is 18.1 Å². The third kappa shape index (κ3) is 4.12. The van der Waals surface area contributed by atoms with E-state index in [2.05, 4.69) is 12.1 Å². The largest absolute Gasteiger partial charge is 0.480 e. The van der Waals surface area contributed by atoms with Crippen LogP contribution in [0.25, 0.3) is 11.1 Å². The van der Waals surface area contributed by atoms with E-state index in [0.29, 0.717) is 12.5 Å². The number of rotatable bonds is 8.